The van der Waals surface area contributed by atoms with Crippen LogP contribution in [0.15, 0.2) is 24.4 Å². The number of aromatic amines is 1. The average Bonchev–Trinajstić information content (AvgIpc) is 2.81. The van der Waals surface area contributed by atoms with E-state index in [4.69, 9.17) is 5.11 Å². The summed E-state index contributed by atoms with van der Waals surface area (Å²) in [4.78, 5) is 24.0. The molecule has 2 aromatic rings. The van der Waals surface area contributed by atoms with E-state index in [1.165, 1.54) is 4.90 Å². The number of carboxylic acid groups (broad SMARTS) is 1. The molecule has 0 fully saturated rings. The summed E-state index contributed by atoms with van der Waals surface area (Å²) < 4.78 is 0. The molecule has 0 aliphatic carbocycles. The van der Waals surface area contributed by atoms with E-state index in [0.717, 1.165) is 10.9 Å². The fraction of sp³-hybridized carbons (Fsp3) is 0.250. The van der Waals surface area contributed by atoms with Crippen molar-refractivity contribution in [2.75, 3.05) is 13.1 Å². The van der Waals surface area contributed by atoms with Gasteiger partial charge in [-0.25, -0.2) is 0 Å². The van der Waals surface area contributed by atoms with Gasteiger partial charge in [-0.05, 0) is 19.1 Å². The molecule has 1 heterocycles. The number of carbonyl (C=O) groups excluding carboxylic acids is 1. The summed E-state index contributed by atoms with van der Waals surface area (Å²) in [6.45, 7) is 1.80. The standard InChI is InChI=1S/C12H13N3O3/c1-2-15(7-11(16)17)12(18)8-3-4-9-6-13-14-10(9)5-8/h3-6H,2,7H2,1H3,(H,13,14)(H,16,17). The second kappa shape index (κ2) is 4.87. The maximum atomic E-state index is 12.1. The van der Waals surface area contributed by atoms with Crippen LogP contribution in [-0.4, -0.2) is 45.2 Å². The largest absolute Gasteiger partial charge is 0.480 e. The molecule has 0 saturated heterocycles. The van der Waals surface area contributed by atoms with Gasteiger partial charge in [0.15, 0.2) is 0 Å². The number of fused-ring (bicyclic) bond motifs is 1. The van der Waals surface area contributed by atoms with Gasteiger partial charge in [-0.15, -0.1) is 0 Å². The number of H-pyrrole nitrogens is 1. The van der Waals surface area contributed by atoms with Crippen LogP contribution in [0.1, 0.15) is 17.3 Å². The van der Waals surface area contributed by atoms with Crippen LogP contribution in [0.3, 0.4) is 0 Å². The second-order valence-corrected chi connectivity index (χ2v) is 3.89. The first kappa shape index (κ1) is 12.1. The first-order valence-corrected chi connectivity index (χ1v) is 5.56. The molecule has 2 rings (SSSR count). The lowest BCUT2D eigenvalue weighted by Gasteiger charge is -2.18. The lowest BCUT2D eigenvalue weighted by atomic mass is 10.1. The van der Waals surface area contributed by atoms with Crippen molar-refractivity contribution in [1.82, 2.24) is 15.1 Å². The number of carboxylic acids is 1. The molecule has 0 radical (unpaired) electrons. The Morgan fingerprint density at radius 1 is 1.44 bits per heavy atom. The van der Waals surface area contributed by atoms with Crippen molar-refractivity contribution < 1.29 is 14.7 Å². The minimum absolute atomic E-state index is 0.295. The summed E-state index contributed by atoms with van der Waals surface area (Å²) in [6, 6.07) is 5.13. The van der Waals surface area contributed by atoms with Crippen LogP contribution in [0.2, 0.25) is 0 Å². The molecule has 0 saturated carbocycles. The van der Waals surface area contributed by atoms with E-state index in [0.29, 0.717) is 12.1 Å². The maximum absolute atomic E-state index is 12.1. The molecule has 0 spiro atoms. The van der Waals surface area contributed by atoms with Crippen molar-refractivity contribution in [1.29, 1.82) is 0 Å². The van der Waals surface area contributed by atoms with Crippen LogP contribution in [0, 0.1) is 0 Å². The summed E-state index contributed by atoms with van der Waals surface area (Å²) in [5.41, 5.74) is 1.21. The van der Waals surface area contributed by atoms with Crippen LogP contribution in [-0.2, 0) is 4.79 Å². The summed E-state index contributed by atoms with van der Waals surface area (Å²) in [7, 11) is 0. The quantitative estimate of drug-likeness (QED) is 0.847. The lowest BCUT2D eigenvalue weighted by molar-refractivity contribution is -0.137. The summed E-state index contributed by atoms with van der Waals surface area (Å²) in [6.07, 6.45) is 1.67. The van der Waals surface area contributed by atoms with Gasteiger partial charge < -0.3 is 10.0 Å². The molecule has 0 unspecified atom stereocenters. The van der Waals surface area contributed by atoms with Gasteiger partial charge in [0.1, 0.15) is 6.54 Å². The predicted octanol–water partition coefficient (Wildman–Crippen LogP) is 1.11. The van der Waals surface area contributed by atoms with Crippen molar-refractivity contribution in [3.63, 3.8) is 0 Å². The van der Waals surface area contributed by atoms with Gasteiger partial charge in [-0.1, -0.05) is 6.07 Å². The number of aliphatic carboxylic acids is 1. The number of nitrogens with one attached hydrogen (secondary N) is 1. The van der Waals surface area contributed by atoms with Crippen LogP contribution in [0.4, 0.5) is 0 Å². The number of nitrogens with zero attached hydrogens (tertiary/aromatic N) is 2. The summed E-state index contributed by atoms with van der Waals surface area (Å²) in [5.74, 6) is -1.32. The Morgan fingerprint density at radius 2 is 2.22 bits per heavy atom. The molecule has 0 aliphatic heterocycles. The number of aromatic nitrogens is 2. The maximum Gasteiger partial charge on any atom is 0.323 e. The van der Waals surface area contributed by atoms with Gasteiger partial charge in [-0.2, -0.15) is 5.10 Å². The molecule has 0 bridgehead atoms. The topological polar surface area (TPSA) is 86.3 Å². The zero-order valence-electron chi connectivity index (χ0n) is 9.88. The predicted molar refractivity (Wildman–Crippen MR) is 65.3 cm³/mol. The number of hydrogen-bond donors (Lipinski definition) is 2. The van der Waals surface area contributed by atoms with Crippen molar-refractivity contribution in [2.24, 2.45) is 0 Å². The highest BCUT2D eigenvalue weighted by Crippen LogP contribution is 2.14. The van der Waals surface area contributed by atoms with Gasteiger partial charge >= 0.3 is 5.97 Å². The van der Waals surface area contributed by atoms with E-state index in [1.54, 1.807) is 31.3 Å². The molecule has 6 heteroatoms. The Kier molecular flexibility index (Phi) is 3.27. The second-order valence-electron chi connectivity index (χ2n) is 3.89. The van der Waals surface area contributed by atoms with Gasteiger partial charge in [0.05, 0.1) is 11.7 Å². The Hall–Kier alpha value is -2.37. The molecule has 2 N–H and O–H groups in total. The van der Waals surface area contributed by atoms with Crippen LogP contribution < -0.4 is 0 Å². The average molecular weight is 247 g/mol. The van der Waals surface area contributed by atoms with Crippen molar-refractivity contribution in [2.45, 2.75) is 6.92 Å². The number of carbonyl (C=O) groups is 2. The molecule has 1 aromatic heterocycles. The zero-order valence-corrected chi connectivity index (χ0v) is 9.88. The third-order valence-corrected chi connectivity index (χ3v) is 2.68. The summed E-state index contributed by atoms with van der Waals surface area (Å²) in [5, 5.41) is 16.3. The molecular formula is C12H13N3O3. The van der Waals surface area contributed by atoms with Gasteiger partial charge in [0.2, 0.25) is 0 Å². The monoisotopic (exact) mass is 247 g/mol. The Balaban J connectivity index is 2.28. The van der Waals surface area contributed by atoms with E-state index in [2.05, 4.69) is 10.2 Å². The highest BCUT2D eigenvalue weighted by molar-refractivity contribution is 5.98. The zero-order chi connectivity index (χ0) is 13.1. The van der Waals surface area contributed by atoms with Gasteiger partial charge in [0, 0.05) is 17.5 Å². The van der Waals surface area contributed by atoms with Gasteiger partial charge in [-0.3, -0.25) is 14.7 Å². The Labute approximate surface area is 103 Å². The molecule has 0 aliphatic rings. The number of rotatable bonds is 4. The van der Waals surface area contributed by atoms with Crippen LogP contribution in [0.5, 0.6) is 0 Å². The minimum atomic E-state index is -1.02. The third-order valence-electron chi connectivity index (χ3n) is 2.68. The molecular weight excluding hydrogens is 234 g/mol. The Morgan fingerprint density at radius 3 is 2.89 bits per heavy atom. The smallest absolute Gasteiger partial charge is 0.323 e. The molecule has 0 atom stereocenters. The number of hydrogen-bond acceptors (Lipinski definition) is 3. The fourth-order valence-corrected chi connectivity index (χ4v) is 1.74. The number of likely N-dealkylation sites (N-methyl/N-ethyl adjacent to an activating group) is 1. The van der Waals surface area contributed by atoms with Crippen molar-refractivity contribution >= 4 is 22.8 Å². The number of benzene rings is 1. The SMILES string of the molecule is CCN(CC(=O)O)C(=O)c1ccc2cn[nH]c2c1. The van der Waals surface area contributed by atoms with E-state index >= 15 is 0 Å². The van der Waals surface area contributed by atoms with Gasteiger partial charge in [0.25, 0.3) is 5.91 Å². The van der Waals surface area contributed by atoms with Crippen molar-refractivity contribution in [3.8, 4) is 0 Å². The molecule has 1 aromatic carbocycles. The van der Waals surface area contributed by atoms with Crippen LogP contribution >= 0.6 is 0 Å². The van der Waals surface area contributed by atoms with E-state index < -0.39 is 5.97 Å². The third kappa shape index (κ3) is 2.32. The highest BCUT2D eigenvalue weighted by atomic mass is 16.4. The van der Waals surface area contributed by atoms with E-state index in [9.17, 15) is 9.59 Å². The lowest BCUT2D eigenvalue weighted by Crippen LogP contribution is -2.35. The normalized spacial score (nSPS) is 10.5. The van der Waals surface area contributed by atoms with E-state index in [-0.39, 0.29) is 12.5 Å². The van der Waals surface area contributed by atoms with Crippen LogP contribution in [0.25, 0.3) is 10.9 Å². The first-order valence-electron chi connectivity index (χ1n) is 5.56. The molecule has 18 heavy (non-hydrogen) atoms. The van der Waals surface area contributed by atoms with Crippen molar-refractivity contribution in [3.05, 3.63) is 30.0 Å². The molecule has 94 valence electrons. The first-order chi connectivity index (χ1) is 8.61. The van der Waals surface area contributed by atoms with E-state index in [1.807, 2.05) is 0 Å². The summed E-state index contributed by atoms with van der Waals surface area (Å²) >= 11 is 0. The highest BCUT2D eigenvalue weighted by Gasteiger charge is 2.17. The number of amides is 1. The minimum Gasteiger partial charge on any atom is -0.480 e. The molecule has 6 nitrogen and oxygen atoms in total. The Bertz CT molecular complexity index is 591. The fourth-order valence-electron chi connectivity index (χ4n) is 1.74. The molecule has 1 amide bonds.